The summed E-state index contributed by atoms with van der Waals surface area (Å²) in [5, 5.41) is 16.2. The Morgan fingerprint density at radius 2 is 1.86 bits per heavy atom. The van der Waals surface area contributed by atoms with Crippen molar-refractivity contribution in [3.05, 3.63) is 29.8 Å². The molecule has 1 aromatic carbocycles. The minimum atomic E-state index is -0.274. The number of nitrogens with zero attached hydrogens (tertiary/aromatic N) is 1. The number of hydrogen-bond acceptors (Lipinski definition) is 5. The Morgan fingerprint density at radius 1 is 1.18 bits per heavy atom. The minimum Gasteiger partial charge on any atom is -0.310 e. The highest BCUT2D eigenvalue weighted by Crippen LogP contribution is 2.23. The second-order valence-corrected chi connectivity index (χ2v) is 8.99. The van der Waals surface area contributed by atoms with E-state index in [1.807, 2.05) is 12.1 Å². The maximum Gasteiger partial charge on any atom is 0.321 e. The Hall–Kier alpha value is -1.67. The van der Waals surface area contributed by atoms with Gasteiger partial charge < -0.3 is 20.9 Å². The summed E-state index contributed by atoms with van der Waals surface area (Å²) in [6.07, 6.45) is 1.96. The summed E-state index contributed by atoms with van der Waals surface area (Å²) in [6.45, 7) is 10.7. The molecular weight excluding hydrogens is 352 g/mol. The molecule has 1 aliphatic rings. The number of anilines is 1. The molecule has 0 aromatic heterocycles. The van der Waals surface area contributed by atoms with Crippen LogP contribution in [-0.2, 0) is 5.41 Å². The van der Waals surface area contributed by atoms with E-state index in [1.54, 1.807) is 0 Å². The molecule has 0 saturated carbocycles. The van der Waals surface area contributed by atoms with Crippen molar-refractivity contribution in [2.75, 3.05) is 32.5 Å². The van der Waals surface area contributed by atoms with E-state index in [-0.39, 0.29) is 23.9 Å². The Labute approximate surface area is 170 Å². The van der Waals surface area contributed by atoms with Crippen molar-refractivity contribution in [2.24, 2.45) is 0 Å². The monoisotopic (exact) mass is 390 g/mol. The fourth-order valence-corrected chi connectivity index (χ4v) is 3.27. The van der Waals surface area contributed by atoms with Crippen LogP contribution >= 0.6 is 0 Å². The summed E-state index contributed by atoms with van der Waals surface area (Å²) >= 11 is 0. The molecule has 7 heteroatoms. The Balaban J connectivity index is 1.80. The van der Waals surface area contributed by atoms with E-state index in [0.717, 1.165) is 31.6 Å². The molecule has 2 amide bonds. The van der Waals surface area contributed by atoms with Gasteiger partial charge in [0.25, 0.3) is 0 Å². The van der Waals surface area contributed by atoms with Gasteiger partial charge in [0.15, 0.2) is 0 Å². The number of carbonyl (C=O) groups is 1. The molecule has 5 N–H and O–H groups in total. The van der Waals surface area contributed by atoms with Gasteiger partial charge >= 0.3 is 6.03 Å². The third kappa shape index (κ3) is 7.75. The van der Waals surface area contributed by atoms with Gasteiger partial charge in [-0.25, -0.2) is 4.79 Å². The number of benzene rings is 1. The summed E-state index contributed by atoms with van der Waals surface area (Å²) in [6, 6.07) is 8.09. The highest BCUT2D eigenvalue weighted by molar-refractivity contribution is 5.89. The SMILES string of the molecule is CC1CC(NCCCN(C)C)NC(NC(=O)Nc2ccc(C(C)(C)C)cc2)N1. The highest BCUT2D eigenvalue weighted by atomic mass is 16.2. The van der Waals surface area contributed by atoms with Crippen LogP contribution < -0.4 is 26.6 Å². The van der Waals surface area contributed by atoms with Gasteiger partial charge in [0.1, 0.15) is 6.29 Å². The smallest absolute Gasteiger partial charge is 0.310 e. The number of nitrogens with one attached hydrogen (secondary N) is 5. The van der Waals surface area contributed by atoms with Crippen molar-refractivity contribution >= 4 is 11.7 Å². The van der Waals surface area contributed by atoms with E-state index in [0.29, 0.717) is 6.04 Å². The lowest BCUT2D eigenvalue weighted by Crippen LogP contribution is -2.67. The lowest BCUT2D eigenvalue weighted by atomic mass is 9.87. The summed E-state index contributed by atoms with van der Waals surface area (Å²) in [5.74, 6) is 0. The van der Waals surface area contributed by atoms with Crippen LogP contribution in [0.4, 0.5) is 10.5 Å². The summed E-state index contributed by atoms with van der Waals surface area (Å²) < 4.78 is 0. The predicted molar refractivity (Wildman–Crippen MR) is 116 cm³/mol. The third-order valence-electron chi connectivity index (χ3n) is 4.87. The number of amides is 2. The van der Waals surface area contributed by atoms with Crippen LogP contribution in [0, 0.1) is 0 Å². The van der Waals surface area contributed by atoms with Crippen molar-refractivity contribution in [1.82, 2.24) is 26.2 Å². The maximum absolute atomic E-state index is 12.4. The molecule has 7 nitrogen and oxygen atoms in total. The van der Waals surface area contributed by atoms with E-state index in [4.69, 9.17) is 0 Å². The van der Waals surface area contributed by atoms with E-state index in [2.05, 4.69) is 85.4 Å². The quantitative estimate of drug-likeness (QED) is 0.462. The fourth-order valence-electron chi connectivity index (χ4n) is 3.27. The number of carbonyl (C=O) groups excluding carboxylic acids is 1. The first-order valence-electron chi connectivity index (χ1n) is 10.2. The number of rotatable bonds is 7. The Morgan fingerprint density at radius 3 is 2.46 bits per heavy atom. The molecule has 28 heavy (non-hydrogen) atoms. The second-order valence-electron chi connectivity index (χ2n) is 8.99. The predicted octanol–water partition coefficient (Wildman–Crippen LogP) is 2.23. The second kappa shape index (κ2) is 10.2. The summed E-state index contributed by atoms with van der Waals surface area (Å²) in [5.41, 5.74) is 2.13. The molecule has 1 fully saturated rings. The van der Waals surface area contributed by atoms with Crippen molar-refractivity contribution in [3.8, 4) is 0 Å². The molecule has 3 atom stereocenters. The van der Waals surface area contributed by atoms with Crippen LogP contribution in [-0.4, -0.2) is 56.6 Å². The Bertz CT molecular complexity index is 610. The van der Waals surface area contributed by atoms with Crippen LogP contribution in [0.5, 0.6) is 0 Å². The van der Waals surface area contributed by atoms with Crippen LogP contribution in [0.15, 0.2) is 24.3 Å². The van der Waals surface area contributed by atoms with Crippen molar-refractivity contribution < 1.29 is 4.79 Å². The molecule has 1 aromatic rings. The van der Waals surface area contributed by atoms with E-state index >= 15 is 0 Å². The normalized spacial score (nSPS) is 22.9. The molecule has 1 aliphatic heterocycles. The molecule has 0 bridgehead atoms. The lowest BCUT2D eigenvalue weighted by molar-refractivity contribution is 0.192. The first-order chi connectivity index (χ1) is 13.1. The van der Waals surface area contributed by atoms with Crippen molar-refractivity contribution in [2.45, 2.75) is 64.4 Å². The van der Waals surface area contributed by atoms with Gasteiger partial charge in [-0.05, 0) is 70.1 Å². The zero-order chi connectivity index (χ0) is 20.7. The topological polar surface area (TPSA) is 80.5 Å². The zero-order valence-electron chi connectivity index (χ0n) is 18.2. The van der Waals surface area contributed by atoms with Crippen molar-refractivity contribution in [1.29, 1.82) is 0 Å². The molecule has 158 valence electrons. The van der Waals surface area contributed by atoms with Gasteiger partial charge in [0.2, 0.25) is 0 Å². The number of urea groups is 1. The van der Waals surface area contributed by atoms with Crippen LogP contribution in [0.2, 0.25) is 0 Å². The van der Waals surface area contributed by atoms with Gasteiger partial charge in [-0.2, -0.15) is 0 Å². The first kappa shape index (κ1) is 22.6. The maximum atomic E-state index is 12.4. The van der Waals surface area contributed by atoms with Gasteiger partial charge in [-0.1, -0.05) is 32.9 Å². The standard InChI is InChI=1S/C21H38N6O/c1-15-14-18(22-12-7-13-27(5)6)25-19(23-15)26-20(28)24-17-10-8-16(9-11-17)21(2,3)4/h8-11,15,18-19,22-23,25H,7,12-14H2,1-6H3,(H2,24,26,28). The molecule has 0 spiro atoms. The minimum absolute atomic E-state index is 0.0986. The first-order valence-corrected chi connectivity index (χ1v) is 10.2. The summed E-state index contributed by atoms with van der Waals surface area (Å²) in [7, 11) is 4.17. The third-order valence-corrected chi connectivity index (χ3v) is 4.87. The fraction of sp³-hybridized carbons (Fsp3) is 0.667. The highest BCUT2D eigenvalue weighted by Gasteiger charge is 2.25. The van der Waals surface area contributed by atoms with Crippen molar-refractivity contribution in [3.63, 3.8) is 0 Å². The molecule has 1 heterocycles. The Kier molecular flexibility index (Phi) is 8.24. The van der Waals surface area contributed by atoms with Gasteiger partial charge in [0, 0.05) is 11.7 Å². The van der Waals surface area contributed by atoms with Crippen LogP contribution in [0.3, 0.4) is 0 Å². The average molecular weight is 391 g/mol. The summed E-state index contributed by atoms with van der Waals surface area (Å²) in [4.78, 5) is 14.6. The van der Waals surface area contributed by atoms with Gasteiger partial charge in [0.05, 0.1) is 6.17 Å². The molecule has 3 unspecified atom stereocenters. The molecular formula is C21H38N6O. The number of hydrogen-bond donors (Lipinski definition) is 5. The molecule has 0 radical (unpaired) electrons. The zero-order valence-corrected chi connectivity index (χ0v) is 18.2. The lowest BCUT2D eigenvalue weighted by Gasteiger charge is -2.37. The van der Waals surface area contributed by atoms with E-state index in [1.165, 1.54) is 5.56 Å². The van der Waals surface area contributed by atoms with E-state index in [9.17, 15) is 4.79 Å². The van der Waals surface area contributed by atoms with Gasteiger partial charge in [-0.3, -0.25) is 10.6 Å². The van der Waals surface area contributed by atoms with E-state index < -0.39 is 0 Å². The van der Waals surface area contributed by atoms with Crippen LogP contribution in [0.1, 0.15) is 46.1 Å². The molecule has 1 saturated heterocycles. The average Bonchev–Trinajstić information content (AvgIpc) is 2.57. The van der Waals surface area contributed by atoms with Gasteiger partial charge in [-0.15, -0.1) is 0 Å². The molecule has 0 aliphatic carbocycles. The molecule has 2 rings (SSSR count). The van der Waals surface area contributed by atoms with Crippen LogP contribution in [0.25, 0.3) is 0 Å². The largest absolute Gasteiger partial charge is 0.321 e.